The fourth-order valence-electron chi connectivity index (χ4n) is 2.72. The fraction of sp³-hybridized carbons (Fsp3) is 0.600. The predicted octanol–water partition coefficient (Wildman–Crippen LogP) is 2.50. The first-order valence-electron chi connectivity index (χ1n) is 7.48. The third-order valence-corrected chi connectivity index (χ3v) is 3.94. The zero-order valence-corrected chi connectivity index (χ0v) is 12.9. The number of benzene rings is 1. The molecule has 6 nitrogen and oxygen atoms in total. The summed E-state index contributed by atoms with van der Waals surface area (Å²) in [5.41, 5.74) is 0.120. The minimum Gasteiger partial charge on any atom is -0.379 e. The van der Waals surface area contributed by atoms with Gasteiger partial charge in [-0.15, -0.1) is 0 Å². The van der Waals surface area contributed by atoms with E-state index in [1.807, 2.05) is 0 Å². The van der Waals surface area contributed by atoms with Crippen LogP contribution in [0.1, 0.15) is 13.8 Å². The van der Waals surface area contributed by atoms with Crippen LogP contribution in [0.2, 0.25) is 0 Å². The van der Waals surface area contributed by atoms with Gasteiger partial charge in [0.2, 0.25) is 0 Å². The summed E-state index contributed by atoms with van der Waals surface area (Å²) in [4.78, 5) is 12.8. The van der Waals surface area contributed by atoms with Gasteiger partial charge in [-0.1, -0.05) is 13.8 Å². The van der Waals surface area contributed by atoms with Crippen LogP contribution in [0.3, 0.4) is 0 Å². The van der Waals surface area contributed by atoms with Crippen molar-refractivity contribution in [2.45, 2.75) is 19.9 Å². The SMILES string of the molecule is CC(C)C(CNc1cc(F)ccc1[N+](=O)[O-])N1CCOCC1. The van der Waals surface area contributed by atoms with E-state index >= 15 is 0 Å². The van der Waals surface area contributed by atoms with Crippen LogP contribution in [0.15, 0.2) is 18.2 Å². The number of anilines is 1. The summed E-state index contributed by atoms with van der Waals surface area (Å²) in [7, 11) is 0. The highest BCUT2D eigenvalue weighted by Gasteiger charge is 2.24. The van der Waals surface area contributed by atoms with Gasteiger partial charge in [-0.3, -0.25) is 15.0 Å². The van der Waals surface area contributed by atoms with E-state index in [1.54, 1.807) is 0 Å². The van der Waals surface area contributed by atoms with Crippen LogP contribution >= 0.6 is 0 Å². The molecule has 1 unspecified atom stereocenters. The van der Waals surface area contributed by atoms with E-state index in [0.717, 1.165) is 19.2 Å². The summed E-state index contributed by atoms with van der Waals surface area (Å²) < 4.78 is 18.7. The molecule has 7 heteroatoms. The van der Waals surface area contributed by atoms with Crippen LogP contribution in [-0.2, 0) is 4.74 Å². The molecule has 1 fully saturated rings. The quantitative estimate of drug-likeness (QED) is 0.646. The van der Waals surface area contributed by atoms with Crippen molar-refractivity contribution in [2.75, 3.05) is 38.2 Å². The van der Waals surface area contributed by atoms with E-state index in [9.17, 15) is 14.5 Å². The Morgan fingerprint density at radius 1 is 1.41 bits per heavy atom. The second kappa shape index (κ2) is 7.51. The van der Waals surface area contributed by atoms with Gasteiger partial charge in [0.25, 0.3) is 5.69 Å². The molecule has 1 atom stereocenters. The normalized spacial score (nSPS) is 17.5. The van der Waals surface area contributed by atoms with Crippen molar-refractivity contribution in [3.8, 4) is 0 Å². The van der Waals surface area contributed by atoms with E-state index in [0.29, 0.717) is 25.7 Å². The zero-order valence-electron chi connectivity index (χ0n) is 12.9. The molecule has 1 heterocycles. The molecule has 1 N–H and O–H groups in total. The molecule has 1 aromatic carbocycles. The molecule has 0 amide bonds. The van der Waals surface area contributed by atoms with Crippen LogP contribution in [-0.4, -0.2) is 48.7 Å². The van der Waals surface area contributed by atoms with Crippen molar-refractivity contribution >= 4 is 11.4 Å². The summed E-state index contributed by atoms with van der Waals surface area (Å²) in [5.74, 6) is -0.112. The van der Waals surface area contributed by atoms with Gasteiger partial charge < -0.3 is 10.1 Å². The Labute approximate surface area is 129 Å². The molecular formula is C15H22FN3O3. The summed E-state index contributed by atoms with van der Waals surface area (Å²) in [6.07, 6.45) is 0. The molecule has 1 aliphatic rings. The van der Waals surface area contributed by atoms with Gasteiger partial charge in [0, 0.05) is 37.8 Å². The molecule has 2 rings (SSSR count). The largest absolute Gasteiger partial charge is 0.379 e. The monoisotopic (exact) mass is 311 g/mol. The minimum absolute atomic E-state index is 0.106. The Morgan fingerprint density at radius 2 is 2.09 bits per heavy atom. The van der Waals surface area contributed by atoms with Gasteiger partial charge in [0.1, 0.15) is 11.5 Å². The van der Waals surface area contributed by atoms with Gasteiger partial charge in [-0.2, -0.15) is 0 Å². The molecule has 1 aromatic rings. The number of nitro groups is 1. The van der Waals surface area contributed by atoms with Crippen molar-refractivity contribution in [2.24, 2.45) is 5.92 Å². The van der Waals surface area contributed by atoms with E-state index in [1.165, 1.54) is 12.1 Å². The van der Waals surface area contributed by atoms with Gasteiger partial charge in [0.05, 0.1) is 18.1 Å². The topological polar surface area (TPSA) is 67.6 Å². The van der Waals surface area contributed by atoms with Crippen LogP contribution in [0.5, 0.6) is 0 Å². The maximum absolute atomic E-state index is 13.4. The van der Waals surface area contributed by atoms with Crippen molar-refractivity contribution in [1.29, 1.82) is 0 Å². The summed E-state index contributed by atoms with van der Waals surface area (Å²) in [5, 5.41) is 14.1. The lowest BCUT2D eigenvalue weighted by molar-refractivity contribution is -0.384. The maximum atomic E-state index is 13.4. The molecule has 1 aliphatic heterocycles. The lowest BCUT2D eigenvalue weighted by Gasteiger charge is -2.37. The highest BCUT2D eigenvalue weighted by atomic mass is 19.1. The average molecular weight is 311 g/mol. The molecular weight excluding hydrogens is 289 g/mol. The minimum atomic E-state index is -0.499. The predicted molar refractivity (Wildman–Crippen MR) is 82.6 cm³/mol. The highest BCUT2D eigenvalue weighted by Crippen LogP contribution is 2.25. The molecule has 0 saturated carbocycles. The standard InChI is InChI=1S/C15H22FN3O3/c1-11(2)15(18-5-7-22-8-6-18)10-17-13-9-12(16)3-4-14(13)19(20)21/h3-4,9,11,15,17H,5-8,10H2,1-2H3. The first-order chi connectivity index (χ1) is 10.5. The number of hydrogen-bond acceptors (Lipinski definition) is 5. The number of nitrogens with one attached hydrogen (secondary N) is 1. The second-order valence-electron chi connectivity index (χ2n) is 5.76. The molecule has 122 valence electrons. The van der Waals surface area contributed by atoms with Crippen LogP contribution in [0, 0.1) is 21.8 Å². The van der Waals surface area contributed by atoms with Crippen molar-refractivity contribution < 1.29 is 14.1 Å². The zero-order chi connectivity index (χ0) is 16.1. The number of nitro benzene ring substituents is 1. The smallest absolute Gasteiger partial charge is 0.292 e. The molecule has 0 aromatic heterocycles. The number of halogens is 1. The van der Waals surface area contributed by atoms with Crippen molar-refractivity contribution in [3.05, 3.63) is 34.1 Å². The lowest BCUT2D eigenvalue weighted by atomic mass is 10.0. The van der Waals surface area contributed by atoms with E-state index in [2.05, 4.69) is 24.1 Å². The third-order valence-electron chi connectivity index (χ3n) is 3.94. The van der Waals surface area contributed by atoms with Crippen LogP contribution < -0.4 is 5.32 Å². The third kappa shape index (κ3) is 4.14. The summed E-state index contributed by atoms with van der Waals surface area (Å²) >= 11 is 0. The Hall–Kier alpha value is -1.73. The summed E-state index contributed by atoms with van der Waals surface area (Å²) in [6.45, 7) is 7.84. The molecule has 1 saturated heterocycles. The molecule has 0 aliphatic carbocycles. The fourth-order valence-corrected chi connectivity index (χ4v) is 2.72. The lowest BCUT2D eigenvalue weighted by Crippen LogP contribution is -2.49. The summed E-state index contributed by atoms with van der Waals surface area (Å²) in [6, 6.07) is 3.68. The Kier molecular flexibility index (Phi) is 5.68. The van der Waals surface area contributed by atoms with E-state index < -0.39 is 10.7 Å². The van der Waals surface area contributed by atoms with Gasteiger partial charge in [-0.05, 0) is 12.0 Å². The molecule has 0 spiro atoms. The van der Waals surface area contributed by atoms with Gasteiger partial charge in [-0.25, -0.2) is 4.39 Å². The second-order valence-corrected chi connectivity index (χ2v) is 5.76. The maximum Gasteiger partial charge on any atom is 0.292 e. The average Bonchev–Trinajstić information content (AvgIpc) is 2.48. The van der Waals surface area contributed by atoms with Crippen LogP contribution in [0.25, 0.3) is 0 Å². The first kappa shape index (κ1) is 16.6. The van der Waals surface area contributed by atoms with Gasteiger partial charge in [0.15, 0.2) is 0 Å². The van der Waals surface area contributed by atoms with E-state index in [4.69, 9.17) is 4.74 Å². The first-order valence-corrected chi connectivity index (χ1v) is 7.48. The molecule has 22 heavy (non-hydrogen) atoms. The Bertz CT molecular complexity index is 519. The number of rotatable bonds is 6. The molecule has 0 radical (unpaired) electrons. The highest BCUT2D eigenvalue weighted by molar-refractivity contribution is 5.61. The number of ether oxygens (including phenoxy) is 1. The van der Waals surface area contributed by atoms with E-state index in [-0.39, 0.29) is 17.4 Å². The van der Waals surface area contributed by atoms with Gasteiger partial charge >= 0.3 is 0 Å². The van der Waals surface area contributed by atoms with Crippen LogP contribution in [0.4, 0.5) is 15.8 Å². The van der Waals surface area contributed by atoms with Crippen molar-refractivity contribution in [1.82, 2.24) is 4.90 Å². The number of nitrogens with zero attached hydrogens (tertiary/aromatic N) is 2. The number of morpholine rings is 1. The Morgan fingerprint density at radius 3 is 2.68 bits per heavy atom. The Balaban J connectivity index is 2.09. The molecule has 0 bridgehead atoms. The number of hydrogen-bond donors (Lipinski definition) is 1. The van der Waals surface area contributed by atoms with Crippen molar-refractivity contribution in [3.63, 3.8) is 0 Å².